The molecule has 0 amide bonds. The van der Waals surface area contributed by atoms with E-state index >= 15 is 0 Å². The summed E-state index contributed by atoms with van der Waals surface area (Å²) in [7, 11) is 0. The molecule has 1 aromatic carbocycles. The fraction of sp³-hybridized carbons (Fsp3) is 0.273. The van der Waals surface area contributed by atoms with Gasteiger partial charge in [-0.05, 0) is 30.7 Å². The molecule has 1 aromatic rings. The quantitative estimate of drug-likeness (QED) is 0.517. The third kappa shape index (κ3) is 3.04. The average molecular weight is 192 g/mol. The van der Waals surface area contributed by atoms with Gasteiger partial charge in [0, 0.05) is 17.7 Å². The zero-order valence-electron chi connectivity index (χ0n) is 7.54. The monoisotopic (exact) mass is 192 g/mol. The van der Waals surface area contributed by atoms with Crippen molar-refractivity contribution in [1.29, 1.82) is 0 Å². The molecule has 0 atom stereocenters. The van der Waals surface area contributed by atoms with Gasteiger partial charge in [-0.3, -0.25) is 0 Å². The Morgan fingerprint density at radius 2 is 2.23 bits per heavy atom. The summed E-state index contributed by atoms with van der Waals surface area (Å²) in [6.07, 6.45) is 0.795. The lowest BCUT2D eigenvalue weighted by molar-refractivity contribution is 0.475. The Balaban J connectivity index is 2.85. The first kappa shape index (κ1) is 10.0. The van der Waals surface area contributed by atoms with Crippen molar-refractivity contribution in [1.82, 2.24) is 0 Å². The van der Waals surface area contributed by atoms with Crippen LogP contribution in [0.1, 0.15) is 17.5 Å². The normalized spacial score (nSPS) is 9.08. The highest BCUT2D eigenvalue weighted by Gasteiger charge is 1.94. The molecule has 68 valence electrons. The van der Waals surface area contributed by atoms with Crippen molar-refractivity contribution in [2.24, 2.45) is 0 Å². The molecule has 0 saturated carbocycles. The molecule has 13 heavy (non-hydrogen) atoms. The SMILES string of the molecule is Cc1cc(O)ccc1C#CCCS. The van der Waals surface area contributed by atoms with E-state index in [1.54, 1.807) is 12.1 Å². The number of aromatic hydroxyl groups is 1. The van der Waals surface area contributed by atoms with Gasteiger partial charge in [-0.15, -0.1) is 0 Å². The van der Waals surface area contributed by atoms with Crippen molar-refractivity contribution in [3.8, 4) is 17.6 Å². The minimum Gasteiger partial charge on any atom is -0.508 e. The van der Waals surface area contributed by atoms with Gasteiger partial charge in [-0.1, -0.05) is 11.8 Å². The Morgan fingerprint density at radius 3 is 2.85 bits per heavy atom. The molecule has 1 rings (SSSR count). The van der Waals surface area contributed by atoms with Crippen LogP contribution in [0.25, 0.3) is 0 Å². The fourth-order valence-electron chi connectivity index (χ4n) is 1.00. The predicted molar refractivity (Wildman–Crippen MR) is 58.2 cm³/mol. The third-order valence-electron chi connectivity index (χ3n) is 1.67. The van der Waals surface area contributed by atoms with Crippen molar-refractivity contribution in [3.05, 3.63) is 29.3 Å². The van der Waals surface area contributed by atoms with Crippen LogP contribution in [0.2, 0.25) is 0 Å². The summed E-state index contributed by atoms with van der Waals surface area (Å²) in [5.41, 5.74) is 1.98. The summed E-state index contributed by atoms with van der Waals surface area (Å²) in [6.45, 7) is 1.93. The second kappa shape index (κ2) is 4.84. The van der Waals surface area contributed by atoms with Crippen molar-refractivity contribution >= 4 is 12.6 Å². The Bertz CT molecular complexity index is 347. The number of aryl methyl sites for hydroxylation is 1. The first-order valence-electron chi connectivity index (χ1n) is 4.13. The number of rotatable bonds is 1. The van der Waals surface area contributed by atoms with Crippen LogP contribution in [0.3, 0.4) is 0 Å². The van der Waals surface area contributed by atoms with E-state index < -0.39 is 0 Å². The molecule has 0 spiro atoms. The average Bonchev–Trinajstić information content (AvgIpc) is 2.09. The smallest absolute Gasteiger partial charge is 0.115 e. The van der Waals surface area contributed by atoms with Crippen LogP contribution in [0.5, 0.6) is 5.75 Å². The first-order chi connectivity index (χ1) is 6.24. The summed E-state index contributed by atoms with van der Waals surface area (Å²) in [6, 6.07) is 5.19. The van der Waals surface area contributed by atoms with Crippen LogP contribution in [0.15, 0.2) is 18.2 Å². The maximum absolute atomic E-state index is 9.15. The largest absolute Gasteiger partial charge is 0.508 e. The van der Waals surface area contributed by atoms with Gasteiger partial charge in [-0.25, -0.2) is 0 Å². The number of phenolic OH excluding ortho intramolecular Hbond substituents is 1. The second-order valence-electron chi connectivity index (χ2n) is 2.77. The molecule has 0 aliphatic heterocycles. The summed E-state index contributed by atoms with van der Waals surface area (Å²) < 4.78 is 0. The molecule has 0 aromatic heterocycles. The number of phenols is 1. The van der Waals surface area contributed by atoms with Crippen molar-refractivity contribution in [2.45, 2.75) is 13.3 Å². The molecule has 0 unspecified atom stereocenters. The molecular weight excluding hydrogens is 180 g/mol. The lowest BCUT2D eigenvalue weighted by Crippen LogP contribution is -1.81. The maximum Gasteiger partial charge on any atom is 0.115 e. The highest BCUT2D eigenvalue weighted by molar-refractivity contribution is 7.80. The van der Waals surface area contributed by atoms with Gasteiger partial charge < -0.3 is 5.11 Å². The Labute approximate surface area is 84.2 Å². The lowest BCUT2D eigenvalue weighted by Gasteiger charge is -1.97. The van der Waals surface area contributed by atoms with E-state index in [4.69, 9.17) is 5.11 Å². The number of hydrogen-bond donors (Lipinski definition) is 2. The number of benzene rings is 1. The highest BCUT2D eigenvalue weighted by atomic mass is 32.1. The predicted octanol–water partition coefficient (Wildman–Crippen LogP) is 2.37. The molecule has 1 N–H and O–H groups in total. The van der Waals surface area contributed by atoms with Gasteiger partial charge in [0.2, 0.25) is 0 Å². The molecule has 0 fully saturated rings. The lowest BCUT2D eigenvalue weighted by atomic mass is 10.1. The molecule has 0 heterocycles. The highest BCUT2D eigenvalue weighted by Crippen LogP contribution is 2.14. The van der Waals surface area contributed by atoms with Crippen LogP contribution < -0.4 is 0 Å². The van der Waals surface area contributed by atoms with Gasteiger partial charge in [-0.2, -0.15) is 12.6 Å². The van der Waals surface area contributed by atoms with E-state index in [-0.39, 0.29) is 5.75 Å². The minimum atomic E-state index is 0.289. The van der Waals surface area contributed by atoms with E-state index in [1.165, 1.54) is 0 Å². The van der Waals surface area contributed by atoms with Gasteiger partial charge in [0.05, 0.1) is 0 Å². The van der Waals surface area contributed by atoms with E-state index in [2.05, 4.69) is 24.5 Å². The number of thiol groups is 1. The molecule has 0 aliphatic rings. The molecule has 1 nitrogen and oxygen atoms in total. The fourth-order valence-corrected chi connectivity index (χ4v) is 1.11. The topological polar surface area (TPSA) is 20.2 Å². The van der Waals surface area contributed by atoms with E-state index in [0.717, 1.165) is 23.3 Å². The van der Waals surface area contributed by atoms with Crippen LogP contribution in [0, 0.1) is 18.8 Å². The Kier molecular flexibility index (Phi) is 3.72. The van der Waals surface area contributed by atoms with E-state index in [0.29, 0.717) is 0 Å². The van der Waals surface area contributed by atoms with Crippen molar-refractivity contribution < 1.29 is 5.11 Å². The zero-order valence-corrected chi connectivity index (χ0v) is 8.44. The van der Waals surface area contributed by atoms with Crippen LogP contribution >= 0.6 is 12.6 Å². The molecular formula is C11H12OS. The standard InChI is InChI=1S/C11H12OS/c1-9-8-11(12)6-5-10(9)4-2-3-7-13/h5-6,8,12-13H,3,7H2,1H3. The summed E-state index contributed by atoms with van der Waals surface area (Å²) in [4.78, 5) is 0. The van der Waals surface area contributed by atoms with Crippen molar-refractivity contribution in [3.63, 3.8) is 0 Å². The van der Waals surface area contributed by atoms with Gasteiger partial charge in [0.15, 0.2) is 0 Å². The molecule has 0 saturated heterocycles. The summed E-state index contributed by atoms with van der Waals surface area (Å²) in [5, 5.41) is 9.15. The van der Waals surface area contributed by atoms with E-state index in [1.807, 2.05) is 13.0 Å². The number of hydrogen-bond acceptors (Lipinski definition) is 2. The minimum absolute atomic E-state index is 0.289. The first-order valence-corrected chi connectivity index (χ1v) is 4.76. The molecule has 2 heteroatoms. The summed E-state index contributed by atoms with van der Waals surface area (Å²) >= 11 is 4.07. The second-order valence-corrected chi connectivity index (χ2v) is 3.22. The zero-order chi connectivity index (χ0) is 9.68. The molecule has 0 radical (unpaired) electrons. The summed E-state index contributed by atoms with van der Waals surface area (Å²) in [5.74, 6) is 7.11. The Morgan fingerprint density at radius 1 is 1.46 bits per heavy atom. The molecule has 0 bridgehead atoms. The van der Waals surface area contributed by atoms with Gasteiger partial charge in [0.25, 0.3) is 0 Å². The third-order valence-corrected chi connectivity index (χ3v) is 1.89. The van der Waals surface area contributed by atoms with Gasteiger partial charge >= 0.3 is 0 Å². The van der Waals surface area contributed by atoms with Crippen LogP contribution in [0.4, 0.5) is 0 Å². The Hall–Kier alpha value is -1.07. The van der Waals surface area contributed by atoms with E-state index in [9.17, 15) is 0 Å². The van der Waals surface area contributed by atoms with Crippen molar-refractivity contribution in [2.75, 3.05) is 5.75 Å². The van der Waals surface area contributed by atoms with Crippen LogP contribution in [-0.4, -0.2) is 10.9 Å². The van der Waals surface area contributed by atoms with Crippen LogP contribution in [-0.2, 0) is 0 Å². The van der Waals surface area contributed by atoms with Gasteiger partial charge in [0.1, 0.15) is 5.75 Å². The molecule has 0 aliphatic carbocycles. The maximum atomic E-state index is 9.15.